The molecular weight excluding hydrogens is 322 g/mol. The number of likely N-dealkylation sites (tertiary alicyclic amines) is 2. The van der Waals surface area contributed by atoms with Gasteiger partial charge in [0.25, 0.3) is 0 Å². The van der Waals surface area contributed by atoms with Crippen LogP contribution in [0.5, 0.6) is 5.75 Å². The highest BCUT2D eigenvalue weighted by atomic mass is 16.5. The number of para-hydroxylation sites is 1. The summed E-state index contributed by atoms with van der Waals surface area (Å²) in [6, 6.07) is 16.4. The van der Waals surface area contributed by atoms with E-state index in [9.17, 15) is 0 Å². The van der Waals surface area contributed by atoms with Crippen molar-refractivity contribution in [2.75, 3.05) is 39.3 Å². The normalized spacial score (nSPS) is 24.2. The third kappa shape index (κ3) is 4.43. The van der Waals surface area contributed by atoms with Crippen molar-refractivity contribution in [3.8, 4) is 5.75 Å². The van der Waals surface area contributed by atoms with Crippen LogP contribution >= 0.6 is 0 Å². The Morgan fingerprint density at radius 2 is 1.77 bits per heavy atom. The molecule has 4 rings (SSSR count). The molecule has 0 aliphatic carbocycles. The van der Waals surface area contributed by atoms with Crippen molar-refractivity contribution in [3.63, 3.8) is 0 Å². The molecule has 0 unspecified atom stereocenters. The zero-order valence-electron chi connectivity index (χ0n) is 15.5. The van der Waals surface area contributed by atoms with Crippen LogP contribution in [0.2, 0.25) is 0 Å². The van der Waals surface area contributed by atoms with Gasteiger partial charge < -0.3 is 4.74 Å². The summed E-state index contributed by atoms with van der Waals surface area (Å²) in [6.45, 7) is 7.61. The SMILES string of the molecule is c1ccc(OCCN2CCC[C@@]3(CCN(Cc4ccccn4)C3)C2)cc1. The summed E-state index contributed by atoms with van der Waals surface area (Å²) in [5, 5.41) is 0. The molecule has 2 aliphatic rings. The molecule has 1 spiro atoms. The summed E-state index contributed by atoms with van der Waals surface area (Å²) < 4.78 is 5.90. The molecule has 3 heterocycles. The van der Waals surface area contributed by atoms with Crippen molar-refractivity contribution in [2.45, 2.75) is 25.8 Å². The Morgan fingerprint density at radius 1 is 0.923 bits per heavy atom. The number of rotatable bonds is 6. The minimum Gasteiger partial charge on any atom is -0.492 e. The first kappa shape index (κ1) is 17.5. The van der Waals surface area contributed by atoms with Gasteiger partial charge in [0.1, 0.15) is 12.4 Å². The first-order chi connectivity index (χ1) is 12.8. The second kappa shape index (κ2) is 8.19. The largest absolute Gasteiger partial charge is 0.492 e. The Kier molecular flexibility index (Phi) is 5.51. The molecule has 0 radical (unpaired) electrons. The van der Waals surface area contributed by atoms with Gasteiger partial charge in [-0.05, 0) is 62.0 Å². The highest BCUT2D eigenvalue weighted by molar-refractivity contribution is 5.20. The maximum Gasteiger partial charge on any atom is 0.119 e. The van der Waals surface area contributed by atoms with Crippen molar-refractivity contribution in [1.29, 1.82) is 0 Å². The van der Waals surface area contributed by atoms with E-state index in [1.807, 2.05) is 42.6 Å². The first-order valence-electron chi connectivity index (χ1n) is 9.84. The number of ether oxygens (including phenoxy) is 1. The number of piperidine rings is 1. The van der Waals surface area contributed by atoms with Gasteiger partial charge in [-0.15, -0.1) is 0 Å². The van der Waals surface area contributed by atoms with E-state index in [1.165, 1.54) is 51.1 Å². The summed E-state index contributed by atoms with van der Waals surface area (Å²) in [6.07, 6.45) is 5.89. The van der Waals surface area contributed by atoms with Gasteiger partial charge in [-0.2, -0.15) is 0 Å². The zero-order chi connectivity index (χ0) is 17.7. The fourth-order valence-electron chi connectivity index (χ4n) is 4.53. The number of nitrogens with zero attached hydrogens (tertiary/aromatic N) is 3. The third-order valence-corrected chi connectivity index (χ3v) is 5.79. The van der Waals surface area contributed by atoms with Gasteiger partial charge in [-0.3, -0.25) is 14.8 Å². The van der Waals surface area contributed by atoms with Gasteiger partial charge in [0, 0.05) is 32.4 Å². The highest BCUT2D eigenvalue weighted by Gasteiger charge is 2.41. The lowest BCUT2D eigenvalue weighted by Gasteiger charge is -2.40. The van der Waals surface area contributed by atoms with Crippen molar-refractivity contribution < 1.29 is 4.74 Å². The number of pyridine rings is 1. The fraction of sp³-hybridized carbons (Fsp3) is 0.500. The number of hydrogen-bond donors (Lipinski definition) is 0. The van der Waals surface area contributed by atoms with E-state index < -0.39 is 0 Å². The molecule has 26 heavy (non-hydrogen) atoms. The van der Waals surface area contributed by atoms with Crippen molar-refractivity contribution >= 4 is 0 Å². The minimum absolute atomic E-state index is 0.472. The Morgan fingerprint density at radius 3 is 2.62 bits per heavy atom. The van der Waals surface area contributed by atoms with Crippen LogP contribution in [-0.2, 0) is 6.54 Å². The van der Waals surface area contributed by atoms with Crippen LogP contribution in [0.4, 0.5) is 0 Å². The lowest BCUT2D eigenvalue weighted by atomic mass is 9.79. The molecule has 2 saturated heterocycles. The Bertz CT molecular complexity index is 678. The van der Waals surface area contributed by atoms with Gasteiger partial charge in [0.2, 0.25) is 0 Å². The van der Waals surface area contributed by atoms with Crippen molar-refractivity contribution in [1.82, 2.24) is 14.8 Å². The predicted octanol–water partition coefficient (Wildman–Crippen LogP) is 3.45. The van der Waals surface area contributed by atoms with Gasteiger partial charge in [0.15, 0.2) is 0 Å². The molecule has 0 N–H and O–H groups in total. The van der Waals surface area contributed by atoms with E-state index in [1.54, 1.807) is 0 Å². The molecule has 0 amide bonds. The molecule has 0 bridgehead atoms. The van der Waals surface area contributed by atoms with E-state index in [4.69, 9.17) is 4.74 Å². The van der Waals surface area contributed by atoms with Crippen LogP contribution in [0.25, 0.3) is 0 Å². The topological polar surface area (TPSA) is 28.6 Å². The van der Waals surface area contributed by atoms with E-state index in [2.05, 4.69) is 26.9 Å². The summed E-state index contributed by atoms with van der Waals surface area (Å²) in [5.41, 5.74) is 1.66. The molecule has 1 aromatic carbocycles. The van der Waals surface area contributed by atoms with Crippen LogP contribution in [0, 0.1) is 5.41 Å². The van der Waals surface area contributed by atoms with Crippen LogP contribution in [0.3, 0.4) is 0 Å². The molecule has 1 aromatic heterocycles. The molecule has 0 saturated carbocycles. The Balaban J connectivity index is 1.26. The van der Waals surface area contributed by atoms with E-state index >= 15 is 0 Å². The zero-order valence-corrected chi connectivity index (χ0v) is 15.5. The maximum absolute atomic E-state index is 5.90. The summed E-state index contributed by atoms with van der Waals surface area (Å²) in [4.78, 5) is 9.69. The minimum atomic E-state index is 0.472. The Hall–Kier alpha value is -1.91. The van der Waals surface area contributed by atoms with Gasteiger partial charge >= 0.3 is 0 Å². The lowest BCUT2D eigenvalue weighted by molar-refractivity contribution is 0.0803. The maximum atomic E-state index is 5.90. The monoisotopic (exact) mass is 351 g/mol. The molecular formula is C22H29N3O. The number of hydrogen-bond acceptors (Lipinski definition) is 4. The first-order valence-corrected chi connectivity index (χ1v) is 9.84. The van der Waals surface area contributed by atoms with E-state index in [0.717, 1.165) is 25.4 Å². The smallest absolute Gasteiger partial charge is 0.119 e. The van der Waals surface area contributed by atoms with Crippen LogP contribution in [-0.4, -0.2) is 54.1 Å². The summed E-state index contributed by atoms with van der Waals surface area (Å²) in [7, 11) is 0. The van der Waals surface area contributed by atoms with Crippen LogP contribution in [0.15, 0.2) is 54.7 Å². The molecule has 4 heteroatoms. The average Bonchev–Trinajstić information content (AvgIpc) is 3.05. The fourth-order valence-corrected chi connectivity index (χ4v) is 4.53. The Labute approximate surface area is 156 Å². The van der Waals surface area contributed by atoms with Gasteiger partial charge in [-0.25, -0.2) is 0 Å². The van der Waals surface area contributed by atoms with Gasteiger partial charge in [0.05, 0.1) is 5.69 Å². The van der Waals surface area contributed by atoms with Crippen LogP contribution < -0.4 is 4.74 Å². The van der Waals surface area contributed by atoms with Crippen molar-refractivity contribution in [3.05, 3.63) is 60.4 Å². The predicted molar refractivity (Wildman–Crippen MR) is 104 cm³/mol. The van der Waals surface area contributed by atoms with Crippen LogP contribution in [0.1, 0.15) is 25.0 Å². The standard InChI is InChI=1S/C22H29N3O/c1-2-8-21(9-3-1)26-16-15-24-13-6-10-22(18-24)11-14-25(19-22)17-20-7-4-5-12-23-20/h1-5,7-9,12H,6,10-11,13-19H2/t22-/m1/s1. The quantitative estimate of drug-likeness (QED) is 0.797. The highest BCUT2D eigenvalue weighted by Crippen LogP contribution is 2.39. The van der Waals surface area contributed by atoms with Gasteiger partial charge in [-0.1, -0.05) is 24.3 Å². The lowest BCUT2D eigenvalue weighted by Crippen LogP contribution is -2.46. The average molecular weight is 351 g/mol. The second-order valence-electron chi connectivity index (χ2n) is 7.82. The molecule has 1 atom stereocenters. The molecule has 138 valence electrons. The molecule has 2 fully saturated rings. The summed E-state index contributed by atoms with van der Waals surface area (Å²) in [5.74, 6) is 0.974. The number of benzene rings is 1. The molecule has 2 aromatic rings. The van der Waals surface area contributed by atoms with Crippen molar-refractivity contribution in [2.24, 2.45) is 5.41 Å². The third-order valence-electron chi connectivity index (χ3n) is 5.79. The van der Waals surface area contributed by atoms with E-state index in [-0.39, 0.29) is 0 Å². The summed E-state index contributed by atoms with van der Waals surface area (Å²) >= 11 is 0. The molecule has 4 nitrogen and oxygen atoms in total. The molecule has 2 aliphatic heterocycles. The van der Waals surface area contributed by atoms with E-state index in [0.29, 0.717) is 5.41 Å². The number of aromatic nitrogens is 1. The second-order valence-corrected chi connectivity index (χ2v) is 7.82.